The molecule has 2 amide bonds. The normalized spacial score (nSPS) is 19.6. The lowest BCUT2D eigenvalue weighted by Crippen LogP contribution is -2.36. The lowest BCUT2D eigenvalue weighted by atomic mass is 10.2. The Bertz CT molecular complexity index is 175. The van der Waals surface area contributed by atoms with Gasteiger partial charge in [-0.2, -0.15) is 0 Å². The molecule has 0 aromatic carbocycles. The number of nitrogens with zero attached hydrogens (tertiary/aromatic N) is 1. The molecule has 0 spiro atoms. The third kappa shape index (κ3) is 2.30. The molecule has 0 N–H and O–H groups in total. The molecule has 1 heterocycles. The number of alkyl halides is 1. The van der Waals surface area contributed by atoms with Gasteiger partial charge < -0.3 is 0 Å². The zero-order chi connectivity index (χ0) is 8.97. The van der Waals surface area contributed by atoms with Crippen molar-refractivity contribution < 1.29 is 9.59 Å². The van der Waals surface area contributed by atoms with E-state index in [-0.39, 0.29) is 11.8 Å². The van der Waals surface area contributed by atoms with E-state index in [1.807, 2.05) is 0 Å². The minimum absolute atomic E-state index is 0.0167. The van der Waals surface area contributed by atoms with Gasteiger partial charge in [0.25, 0.3) is 0 Å². The first-order chi connectivity index (χ1) is 5.75. The van der Waals surface area contributed by atoms with Gasteiger partial charge in [-0.25, -0.2) is 0 Å². The number of halogens is 1. The Labute approximate surface area is 80.2 Å². The molecular weight excluding hydrogens is 222 g/mol. The summed E-state index contributed by atoms with van der Waals surface area (Å²) in [6.45, 7) is 0.512. The monoisotopic (exact) mass is 233 g/mol. The van der Waals surface area contributed by atoms with Crippen LogP contribution in [0.4, 0.5) is 0 Å². The van der Waals surface area contributed by atoms with Gasteiger partial charge in [-0.15, -0.1) is 0 Å². The standard InChI is InChI=1S/C8H12BrNO2/c9-5-6-10-7(11)3-1-2-4-8(10)12/h1-6H2. The molecule has 1 rings (SSSR count). The molecule has 1 saturated heterocycles. The fourth-order valence-corrected chi connectivity index (χ4v) is 1.65. The Morgan fingerprint density at radius 1 is 1.17 bits per heavy atom. The van der Waals surface area contributed by atoms with Gasteiger partial charge in [-0.3, -0.25) is 14.5 Å². The van der Waals surface area contributed by atoms with Crippen LogP contribution in [0.1, 0.15) is 25.7 Å². The summed E-state index contributed by atoms with van der Waals surface area (Å²) in [6.07, 6.45) is 2.75. The molecule has 0 radical (unpaired) electrons. The first-order valence-electron chi connectivity index (χ1n) is 4.15. The summed E-state index contributed by atoms with van der Waals surface area (Å²) < 4.78 is 0. The maximum absolute atomic E-state index is 11.3. The van der Waals surface area contributed by atoms with E-state index < -0.39 is 0 Å². The van der Waals surface area contributed by atoms with Crippen LogP contribution in [0.15, 0.2) is 0 Å². The van der Waals surface area contributed by atoms with Crippen molar-refractivity contribution in [1.29, 1.82) is 0 Å². The minimum Gasteiger partial charge on any atom is -0.282 e. The highest BCUT2D eigenvalue weighted by Crippen LogP contribution is 2.12. The second-order valence-electron chi connectivity index (χ2n) is 2.84. The average Bonchev–Trinajstić information content (AvgIpc) is 2.19. The lowest BCUT2D eigenvalue weighted by Gasteiger charge is -2.16. The Balaban J connectivity index is 2.61. The number of likely N-dealkylation sites (tertiary alicyclic amines) is 1. The largest absolute Gasteiger partial charge is 0.282 e. The molecule has 0 bridgehead atoms. The zero-order valence-corrected chi connectivity index (χ0v) is 8.47. The zero-order valence-electron chi connectivity index (χ0n) is 6.88. The highest BCUT2D eigenvalue weighted by Gasteiger charge is 2.22. The van der Waals surface area contributed by atoms with Gasteiger partial charge in [0.15, 0.2) is 0 Å². The Hall–Kier alpha value is -0.380. The smallest absolute Gasteiger partial charge is 0.229 e. The summed E-state index contributed by atoms with van der Waals surface area (Å²) in [5, 5.41) is 0.671. The first-order valence-corrected chi connectivity index (χ1v) is 5.27. The number of hydrogen-bond donors (Lipinski definition) is 0. The molecule has 0 aromatic rings. The fourth-order valence-electron chi connectivity index (χ4n) is 1.30. The molecule has 4 heteroatoms. The molecule has 1 fully saturated rings. The van der Waals surface area contributed by atoms with E-state index in [0.29, 0.717) is 24.7 Å². The molecule has 0 unspecified atom stereocenters. The van der Waals surface area contributed by atoms with Crippen molar-refractivity contribution in [3.05, 3.63) is 0 Å². The summed E-state index contributed by atoms with van der Waals surface area (Å²) >= 11 is 3.22. The van der Waals surface area contributed by atoms with E-state index in [0.717, 1.165) is 12.8 Å². The van der Waals surface area contributed by atoms with E-state index in [2.05, 4.69) is 15.9 Å². The van der Waals surface area contributed by atoms with Crippen molar-refractivity contribution >= 4 is 27.7 Å². The first kappa shape index (κ1) is 9.71. The van der Waals surface area contributed by atoms with E-state index in [9.17, 15) is 9.59 Å². The van der Waals surface area contributed by atoms with Gasteiger partial charge in [-0.05, 0) is 12.8 Å². The van der Waals surface area contributed by atoms with Crippen molar-refractivity contribution in [3.8, 4) is 0 Å². The number of amides is 2. The van der Waals surface area contributed by atoms with Crippen LogP contribution < -0.4 is 0 Å². The van der Waals surface area contributed by atoms with Gasteiger partial charge in [0, 0.05) is 24.7 Å². The van der Waals surface area contributed by atoms with Crippen LogP contribution in [-0.2, 0) is 9.59 Å². The Kier molecular flexibility index (Phi) is 3.72. The number of rotatable bonds is 2. The number of hydrogen-bond acceptors (Lipinski definition) is 2. The van der Waals surface area contributed by atoms with Gasteiger partial charge in [0.2, 0.25) is 11.8 Å². The summed E-state index contributed by atoms with van der Waals surface area (Å²) in [7, 11) is 0. The van der Waals surface area contributed by atoms with Crippen LogP contribution >= 0.6 is 15.9 Å². The number of imide groups is 1. The van der Waals surface area contributed by atoms with Gasteiger partial charge >= 0.3 is 0 Å². The highest BCUT2D eigenvalue weighted by molar-refractivity contribution is 9.09. The minimum atomic E-state index is -0.0167. The maximum Gasteiger partial charge on any atom is 0.229 e. The number of carbonyl (C=O) groups excluding carboxylic acids is 2. The van der Waals surface area contributed by atoms with Gasteiger partial charge in [0.1, 0.15) is 0 Å². The topological polar surface area (TPSA) is 37.4 Å². The number of carbonyl (C=O) groups is 2. The highest BCUT2D eigenvalue weighted by atomic mass is 79.9. The lowest BCUT2D eigenvalue weighted by molar-refractivity contribution is -0.143. The quantitative estimate of drug-likeness (QED) is 0.533. The molecular formula is C8H12BrNO2. The molecule has 0 atom stereocenters. The molecule has 3 nitrogen and oxygen atoms in total. The van der Waals surface area contributed by atoms with Crippen LogP contribution in [0.3, 0.4) is 0 Å². The fraction of sp³-hybridized carbons (Fsp3) is 0.750. The second kappa shape index (κ2) is 4.60. The Morgan fingerprint density at radius 3 is 2.08 bits per heavy atom. The third-order valence-corrected chi connectivity index (χ3v) is 2.30. The predicted molar refractivity (Wildman–Crippen MR) is 49.0 cm³/mol. The molecule has 1 aliphatic rings. The van der Waals surface area contributed by atoms with Crippen LogP contribution in [0.5, 0.6) is 0 Å². The third-order valence-electron chi connectivity index (χ3n) is 1.94. The molecule has 0 aromatic heterocycles. The van der Waals surface area contributed by atoms with E-state index in [4.69, 9.17) is 0 Å². The predicted octanol–water partition coefficient (Wildman–Crippen LogP) is 1.31. The van der Waals surface area contributed by atoms with Gasteiger partial charge in [0.05, 0.1) is 0 Å². The van der Waals surface area contributed by atoms with E-state index in [1.54, 1.807) is 0 Å². The molecule has 0 aliphatic carbocycles. The summed E-state index contributed by atoms with van der Waals surface area (Å²) in [4.78, 5) is 24.0. The van der Waals surface area contributed by atoms with E-state index in [1.165, 1.54) is 4.90 Å². The second-order valence-corrected chi connectivity index (χ2v) is 3.63. The van der Waals surface area contributed by atoms with Crippen molar-refractivity contribution in [2.75, 3.05) is 11.9 Å². The van der Waals surface area contributed by atoms with Crippen LogP contribution in [0.2, 0.25) is 0 Å². The van der Waals surface area contributed by atoms with Crippen molar-refractivity contribution in [2.45, 2.75) is 25.7 Å². The SMILES string of the molecule is O=C1CCCCC(=O)N1CCBr. The van der Waals surface area contributed by atoms with Crippen LogP contribution in [0, 0.1) is 0 Å². The van der Waals surface area contributed by atoms with Crippen LogP contribution in [0.25, 0.3) is 0 Å². The molecule has 12 heavy (non-hydrogen) atoms. The Morgan fingerprint density at radius 2 is 1.67 bits per heavy atom. The van der Waals surface area contributed by atoms with Crippen molar-refractivity contribution in [3.63, 3.8) is 0 Å². The van der Waals surface area contributed by atoms with Crippen LogP contribution in [-0.4, -0.2) is 28.6 Å². The maximum atomic E-state index is 11.3. The van der Waals surface area contributed by atoms with E-state index >= 15 is 0 Å². The molecule has 1 aliphatic heterocycles. The summed E-state index contributed by atoms with van der Waals surface area (Å²) in [5.74, 6) is -0.0334. The van der Waals surface area contributed by atoms with Gasteiger partial charge in [-0.1, -0.05) is 15.9 Å². The molecule has 68 valence electrons. The van der Waals surface area contributed by atoms with Crippen molar-refractivity contribution in [2.24, 2.45) is 0 Å². The molecule has 0 saturated carbocycles. The average molecular weight is 234 g/mol. The summed E-state index contributed by atoms with van der Waals surface area (Å²) in [6, 6.07) is 0. The van der Waals surface area contributed by atoms with Crippen molar-refractivity contribution in [1.82, 2.24) is 4.90 Å². The summed E-state index contributed by atoms with van der Waals surface area (Å²) in [5.41, 5.74) is 0.